The molecule has 1 aliphatic rings. The lowest BCUT2D eigenvalue weighted by Crippen LogP contribution is -2.21. The number of Topliss-reactive ketones (excluding diaryl/α,β-unsaturated/α-hetero) is 1. The Morgan fingerprint density at radius 2 is 2.11 bits per heavy atom. The topological polar surface area (TPSA) is 26.3 Å². The van der Waals surface area contributed by atoms with Gasteiger partial charge in [-0.15, -0.1) is 0 Å². The van der Waals surface area contributed by atoms with Crippen LogP contribution in [-0.4, -0.2) is 23.9 Å². The minimum Gasteiger partial charge on any atom is -0.497 e. The Labute approximate surface area is 113 Å². The van der Waals surface area contributed by atoms with Crippen LogP contribution in [0.15, 0.2) is 24.3 Å². The molecule has 0 saturated carbocycles. The first-order chi connectivity index (χ1) is 8.79. The highest BCUT2D eigenvalue weighted by molar-refractivity contribution is 8.00. The van der Waals surface area contributed by atoms with Gasteiger partial charge in [0.2, 0.25) is 0 Å². The molecule has 1 heterocycles. The summed E-state index contributed by atoms with van der Waals surface area (Å²) in [6.45, 7) is 0. The first-order valence-corrected chi connectivity index (χ1v) is 7.62. The third-order valence-corrected chi connectivity index (χ3v) is 4.78. The molecule has 1 atom stereocenters. The van der Waals surface area contributed by atoms with Crippen LogP contribution in [0.3, 0.4) is 0 Å². The van der Waals surface area contributed by atoms with Crippen LogP contribution in [0.2, 0.25) is 0 Å². The van der Waals surface area contributed by atoms with Gasteiger partial charge in [-0.25, -0.2) is 0 Å². The van der Waals surface area contributed by atoms with E-state index in [1.807, 2.05) is 36.0 Å². The van der Waals surface area contributed by atoms with Crippen molar-refractivity contribution in [1.82, 2.24) is 0 Å². The second kappa shape index (κ2) is 6.83. The molecular formula is C15H20O2S. The van der Waals surface area contributed by atoms with E-state index < -0.39 is 0 Å². The first kappa shape index (κ1) is 13.5. The summed E-state index contributed by atoms with van der Waals surface area (Å²) in [5, 5.41) is 0.261. The maximum Gasteiger partial charge on any atom is 0.146 e. The van der Waals surface area contributed by atoms with Crippen molar-refractivity contribution in [3.8, 4) is 5.75 Å². The largest absolute Gasteiger partial charge is 0.497 e. The van der Waals surface area contributed by atoms with Gasteiger partial charge in [0.15, 0.2) is 0 Å². The van der Waals surface area contributed by atoms with Crippen molar-refractivity contribution in [2.45, 2.75) is 37.4 Å². The molecule has 0 bridgehead atoms. The van der Waals surface area contributed by atoms with Crippen LogP contribution in [-0.2, 0) is 11.2 Å². The average molecular weight is 264 g/mol. The van der Waals surface area contributed by atoms with Crippen molar-refractivity contribution in [3.63, 3.8) is 0 Å². The number of rotatable bonds is 5. The quantitative estimate of drug-likeness (QED) is 0.814. The highest BCUT2D eigenvalue weighted by Crippen LogP contribution is 2.27. The standard InChI is InChI=1S/C15H20O2S/c1-17-13-8-5-12(6-9-13)7-10-14(16)15-4-2-3-11-18-15/h5-6,8-9,15H,2-4,7,10-11H2,1H3. The fourth-order valence-electron chi connectivity index (χ4n) is 2.22. The van der Waals surface area contributed by atoms with Gasteiger partial charge in [-0.1, -0.05) is 18.6 Å². The molecule has 0 N–H and O–H groups in total. The maximum absolute atomic E-state index is 12.0. The summed E-state index contributed by atoms with van der Waals surface area (Å²) in [6, 6.07) is 7.99. The van der Waals surface area contributed by atoms with Crippen LogP contribution in [0, 0.1) is 0 Å². The Kier molecular flexibility index (Phi) is 5.12. The van der Waals surface area contributed by atoms with Gasteiger partial charge in [-0.3, -0.25) is 4.79 Å². The van der Waals surface area contributed by atoms with Gasteiger partial charge in [0.1, 0.15) is 11.5 Å². The number of hydrogen-bond acceptors (Lipinski definition) is 3. The van der Waals surface area contributed by atoms with E-state index in [9.17, 15) is 4.79 Å². The summed E-state index contributed by atoms with van der Waals surface area (Å²) in [4.78, 5) is 12.0. The van der Waals surface area contributed by atoms with Crippen molar-refractivity contribution in [2.24, 2.45) is 0 Å². The van der Waals surface area contributed by atoms with E-state index in [0.717, 1.165) is 24.3 Å². The van der Waals surface area contributed by atoms with Gasteiger partial charge in [0.25, 0.3) is 0 Å². The Morgan fingerprint density at radius 1 is 1.33 bits per heavy atom. The summed E-state index contributed by atoms with van der Waals surface area (Å²) in [5.74, 6) is 2.45. The minimum atomic E-state index is 0.261. The molecule has 0 aliphatic carbocycles. The van der Waals surface area contributed by atoms with Gasteiger partial charge < -0.3 is 4.74 Å². The fraction of sp³-hybridized carbons (Fsp3) is 0.533. The Hall–Kier alpha value is -0.960. The van der Waals surface area contributed by atoms with Gasteiger partial charge in [0, 0.05) is 6.42 Å². The number of ketones is 1. The number of benzene rings is 1. The molecular weight excluding hydrogens is 244 g/mol. The zero-order valence-electron chi connectivity index (χ0n) is 10.9. The SMILES string of the molecule is COc1ccc(CCC(=O)C2CCCCS2)cc1. The average Bonchev–Trinajstić information content (AvgIpc) is 2.46. The molecule has 1 aromatic rings. The lowest BCUT2D eigenvalue weighted by atomic mass is 10.0. The van der Waals surface area contributed by atoms with E-state index in [4.69, 9.17) is 4.74 Å². The highest BCUT2D eigenvalue weighted by atomic mass is 32.2. The molecule has 1 unspecified atom stereocenters. The zero-order valence-corrected chi connectivity index (χ0v) is 11.7. The van der Waals surface area contributed by atoms with Gasteiger partial charge in [-0.05, 0) is 42.7 Å². The second-order valence-corrected chi connectivity index (χ2v) is 5.98. The van der Waals surface area contributed by atoms with E-state index in [1.165, 1.54) is 18.4 Å². The third-order valence-electron chi connectivity index (χ3n) is 3.36. The lowest BCUT2D eigenvalue weighted by molar-refractivity contribution is -0.118. The lowest BCUT2D eigenvalue weighted by Gasteiger charge is -2.19. The van der Waals surface area contributed by atoms with Crippen LogP contribution < -0.4 is 4.74 Å². The monoisotopic (exact) mass is 264 g/mol. The van der Waals surface area contributed by atoms with Crippen molar-refractivity contribution >= 4 is 17.5 Å². The molecule has 0 amide bonds. The fourth-order valence-corrected chi connectivity index (χ4v) is 3.51. The minimum absolute atomic E-state index is 0.261. The van der Waals surface area contributed by atoms with Crippen molar-refractivity contribution in [2.75, 3.05) is 12.9 Å². The zero-order chi connectivity index (χ0) is 12.8. The summed E-state index contributed by atoms with van der Waals surface area (Å²) >= 11 is 1.84. The van der Waals surface area contributed by atoms with E-state index in [2.05, 4.69) is 0 Å². The smallest absolute Gasteiger partial charge is 0.146 e. The molecule has 0 aromatic heterocycles. The Balaban J connectivity index is 1.80. The molecule has 98 valence electrons. The van der Waals surface area contributed by atoms with Crippen LogP contribution in [0.25, 0.3) is 0 Å². The third kappa shape index (κ3) is 3.77. The van der Waals surface area contributed by atoms with Gasteiger partial charge in [-0.2, -0.15) is 11.8 Å². The number of carbonyl (C=O) groups is 1. The Morgan fingerprint density at radius 3 is 2.72 bits per heavy atom. The van der Waals surface area contributed by atoms with Gasteiger partial charge in [0.05, 0.1) is 12.4 Å². The van der Waals surface area contributed by atoms with Gasteiger partial charge >= 0.3 is 0 Å². The van der Waals surface area contributed by atoms with Crippen LogP contribution in [0.5, 0.6) is 5.75 Å². The molecule has 1 aromatic carbocycles. The van der Waals surface area contributed by atoms with E-state index in [0.29, 0.717) is 12.2 Å². The molecule has 0 radical (unpaired) electrons. The van der Waals surface area contributed by atoms with Crippen molar-refractivity contribution < 1.29 is 9.53 Å². The van der Waals surface area contributed by atoms with Crippen LogP contribution in [0.4, 0.5) is 0 Å². The molecule has 1 saturated heterocycles. The predicted octanol–water partition coefficient (Wildman–Crippen LogP) is 3.48. The first-order valence-electron chi connectivity index (χ1n) is 6.57. The normalized spacial score (nSPS) is 19.5. The molecule has 0 spiro atoms. The molecule has 3 heteroatoms. The summed E-state index contributed by atoms with van der Waals surface area (Å²) < 4.78 is 5.12. The number of methoxy groups -OCH3 is 1. The van der Waals surface area contributed by atoms with E-state index >= 15 is 0 Å². The van der Waals surface area contributed by atoms with E-state index in [-0.39, 0.29) is 5.25 Å². The highest BCUT2D eigenvalue weighted by Gasteiger charge is 2.20. The number of ether oxygens (including phenoxy) is 1. The predicted molar refractivity (Wildman–Crippen MR) is 76.4 cm³/mol. The van der Waals surface area contributed by atoms with Crippen molar-refractivity contribution in [3.05, 3.63) is 29.8 Å². The number of hydrogen-bond donors (Lipinski definition) is 0. The molecule has 2 rings (SSSR count). The molecule has 1 fully saturated rings. The maximum atomic E-state index is 12.0. The van der Waals surface area contributed by atoms with E-state index in [1.54, 1.807) is 7.11 Å². The summed E-state index contributed by atoms with van der Waals surface area (Å²) in [5.41, 5.74) is 1.21. The molecule has 2 nitrogen and oxygen atoms in total. The van der Waals surface area contributed by atoms with Crippen molar-refractivity contribution in [1.29, 1.82) is 0 Å². The van der Waals surface area contributed by atoms with Crippen LogP contribution >= 0.6 is 11.8 Å². The number of aryl methyl sites for hydroxylation is 1. The summed E-state index contributed by atoms with van der Waals surface area (Å²) in [7, 11) is 1.67. The summed E-state index contributed by atoms with van der Waals surface area (Å²) in [6.07, 6.45) is 5.08. The molecule has 1 aliphatic heterocycles. The number of thioether (sulfide) groups is 1. The molecule has 18 heavy (non-hydrogen) atoms. The second-order valence-electron chi connectivity index (χ2n) is 4.67. The van der Waals surface area contributed by atoms with Crippen LogP contribution in [0.1, 0.15) is 31.2 Å². The Bertz CT molecular complexity index is 380. The number of carbonyl (C=O) groups excluding carboxylic acids is 1.